The van der Waals surface area contributed by atoms with Crippen molar-refractivity contribution < 1.29 is 8.42 Å². The summed E-state index contributed by atoms with van der Waals surface area (Å²) in [6.45, 7) is 6.09. The number of sulfonamides is 1. The minimum atomic E-state index is -3.46. The number of benzene rings is 1. The van der Waals surface area contributed by atoms with Gasteiger partial charge in [-0.1, -0.05) is 39.3 Å². The van der Waals surface area contributed by atoms with Gasteiger partial charge in [-0.25, -0.2) is 13.1 Å². The lowest BCUT2D eigenvalue weighted by molar-refractivity contribution is 0.137. The number of alkyl halides is 1. The quantitative estimate of drug-likeness (QED) is 0.847. The van der Waals surface area contributed by atoms with Gasteiger partial charge in [-0.15, -0.1) is 11.6 Å². The molecule has 2 rings (SSSR count). The lowest BCUT2D eigenvalue weighted by Crippen LogP contribution is -2.59. The normalized spacial score (nSPS) is 25.2. The van der Waals surface area contributed by atoms with Crippen LogP contribution in [0.5, 0.6) is 0 Å². The molecule has 0 aromatic heterocycles. The minimum Gasteiger partial charge on any atom is -0.207 e. The van der Waals surface area contributed by atoms with E-state index in [-0.39, 0.29) is 16.8 Å². The topological polar surface area (TPSA) is 46.2 Å². The van der Waals surface area contributed by atoms with Crippen molar-refractivity contribution in [3.63, 3.8) is 0 Å². The van der Waals surface area contributed by atoms with Gasteiger partial charge < -0.3 is 0 Å². The van der Waals surface area contributed by atoms with E-state index in [2.05, 4.69) is 11.6 Å². The fourth-order valence-electron chi connectivity index (χ4n) is 2.45. The molecule has 1 aromatic rings. The Morgan fingerprint density at radius 1 is 1.30 bits per heavy atom. The van der Waals surface area contributed by atoms with Gasteiger partial charge >= 0.3 is 0 Å². The Bertz CT molecular complexity index is 566. The second-order valence-electron chi connectivity index (χ2n) is 6.09. The highest BCUT2D eigenvalue weighted by Gasteiger charge is 2.48. The first-order valence-electron chi connectivity index (χ1n) is 7.02. The molecule has 1 N–H and O–H groups in total. The molecule has 3 nitrogen and oxygen atoms in total. The number of hydrogen-bond acceptors (Lipinski definition) is 2. The zero-order valence-corrected chi connectivity index (χ0v) is 13.8. The van der Waals surface area contributed by atoms with Crippen LogP contribution in [-0.4, -0.2) is 19.8 Å². The molecule has 0 bridgehead atoms. The van der Waals surface area contributed by atoms with Crippen molar-refractivity contribution in [3.05, 3.63) is 29.8 Å². The van der Waals surface area contributed by atoms with Crippen LogP contribution < -0.4 is 4.72 Å². The average molecular weight is 316 g/mol. The van der Waals surface area contributed by atoms with Crippen LogP contribution in [0.2, 0.25) is 0 Å². The van der Waals surface area contributed by atoms with Crippen LogP contribution in [0.25, 0.3) is 0 Å². The standard InChI is InChI=1S/C15H22ClNO2S/c1-4-5-11-6-8-12(9-7-11)20(18,19)17-14-10-13(16)15(14,2)3/h6-9,13-14,17H,4-5,10H2,1-3H3. The Kier molecular flexibility index (Phi) is 4.47. The van der Waals surface area contributed by atoms with Gasteiger partial charge in [0.2, 0.25) is 10.0 Å². The van der Waals surface area contributed by atoms with E-state index in [1.54, 1.807) is 12.1 Å². The smallest absolute Gasteiger partial charge is 0.207 e. The second-order valence-corrected chi connectivity index (χ2v) is 8.33. The van der Waals surface area contributed by atoms with Crippen LogP contribution in [0.3, 0.4) is 0 Å². The second kappa shape index (κ2) is 5.66. The number of hydrogen-bond donors (Lipinski definition) is 1. The van der Waals surface area contributed by atoms with Gasteiger partial charge in [0.1, 0.15) is 0 Å². The molecule has 1 saturated carbocycles. The molecule has 20 heavy (non-hydrogen) atoms. The SMILES string of the molecule is CCCc1ccc(S(=O)(=O)NC2CC(Cl)C2(C)C)cc1. The van der Waals surface area contributed by atoms with E-state index in [0.717, 1.165) is 18.4 Å². The van der Waals surface area contributed by atoms with E-state index in [4.69, 9.17) is 11.6 Å². The molecule has 5 heteroatoms. The lowest BCUT2D eigenvalue weighted by Gasteiger charge is -2.48. The van der Waals surface area contributed by atoms with Crippen molar-refractivity contribution >= 4 is 21.6 Å². The van der Waals surface area contributed by atoms with Crippen LogP contribution in [0.15, 0.2) is 29.2 Å². The fraction of sp³-hybridized carbons (Fsp3) is 0.600. The third-order valence-corrected chi connectivity index (χ3v) is 6.45. The Morgan fingerprint density at radius 2 is 1.90 bits per heavy atom. The van der Waals surface area contributed by atoms with E-state index >= 15 is 0 Å². The van der Waals surface area contributed by atoms with E-state index in [9.17, 15) is 8.42 Å². The first-order valence-corrected chi connectivity index (χ1v) is 8.94. The highest BCUT2D eigenvalue weighted by molar-refractivity contribution is 7.89. The molecule has 112 valence electrons. The van der Waals surface area contributed by atoms with E-state index in [1.807, 2.05) is 26.0 Å². The molecule has 0 aliphatic heterocycles. The average Bonchev–Trinajstić information content (AvgIpc) is 2.39. The number of halogens is 1. The Balaban J connectivity index is 2.11. The summed E-state index contributed by atoms with van der Waals surface area (Å²) in [6, 6.07) is 7.03. The first kappa shape index (κ1) is 15.8. The van der Waals surface area contributed by atoms with Crippen molar-refractivity contribution in [2.75, 3.05) is 0 Å². The van der Waals surface area contributed by atoms with Crippen LogP contribution >= 0.6 is 11.6 Å². The van der Waals surface area contributed by atoms with Crippen molar-refractivity contribution in [3.8, 4) is 0 Å². The highest BCUT2D eigenvalue weighted by Crippen LogP contribution is 2.44. The van der Waals surface area contributed by atoms with E-state index in [0.29, 0.717) is 11.3 Å². The summed E-state index contributed by atoms with van der Waals surface area (Å²) in [5.74, 6) is 0. The molecular weight excluding hydrogens is 294 g/mol. The van der Waals surface area contributed by atoms with Crippen LogP contribution in [0, 0.1) is 5.41 Å². The maximum absolute atomic E-state index is 12.3. The predicted octanol–water partition coefficient (Wildman–Crippen LogP) is 3.32. The summed E-state index contributed by atoms with van der Waals surface area (Å²) >= 11 is 6.13. The Labute approximate surface area is 126 Å². The third kappa shape index (κ3) is 3.02. The number of nitrogens with one attached hydrogen (secondary N) is 1. The van der Waals surface area contributed by atoms with Crippen molar-refractivity contribution in [1.82, 2.24) is 4.72 Å². The van der Waals surface area contributed by atoms with E-state index < -0.39 is 10.0 Å². The highest BCUT2D eigenvalue weighted by atomic mass is 35.5. The van der Waals surface area contributed by atoms with Gasteiger partial charge in [0, 0.05) is 11.4 Å². The summed E-state index contributed by atoms with van der Waals surface area (Å²) in [5.41, 5.74) is 0.966. The molecule has 1 fully saturated rings. The molecule has 0 amide bonds. The van der Waals surface area contributed by atoms with Gasteiger partial charge in [-0.3, -0.25) is 0 Å². The first-order chi connectivity index (χ1) is 9.27. The molecule has 1 aromatic carbocycles. The van der Waals surface area contributed by atoms with E-state index in [1.165, 1.54) is 0 Å². The fourth-order valence-corrected chi connectivity index (χ4v) is 4.19. The van der Waals surface area contributed by atoms with Gasteiger partial charge in [0.15, 0.2) is 0 Å². The molecule has 0 saturated heterocycles. The summed E-state index contributed by atoms with van der Waals surface area (Å²) in [5, 5.41) is 0.0298. The zero-order chi connectivity index (χ0) is 15.0. The van der Waals surface area contributed by atoms with Crippen molar-refractivity contribution in [1.29, 1.82) is 0 Å². The monoisotopic (exact) mass is 315 g/mol. The van der Waals surface area contributed by atoms with Crippen molar-refractivity contribution in [2.45, 2.75) is 56.3 Å². The zero-order valence-electron chi connectivity index (χ0n) is 12.2. The largest absolute Gasteiger partial charge is 0.240 e. The summed E-state index contributed by atoms with van der Waals surface area (Å²) in [4.78, 5) is 0.325. The lowest BCUT2D eigenvalue weighted by atomic mass is 9.67. The van der Waals surface area contributed by atoms with Crippen molar-refractivity contribution in [2.24, 2.45) is 5.41 Å². The molecule has 0 spiro atoms. The van der Waals surface area contributed by atoms with Gasteiger partial charge in [0.05, 0.1) is 4.90 Å². The molecule has 2 atom stereocenters. The molecule has 1 aliphatic rings. The molecule has 1 aliphatic carbocycles. The maximum atomic E-state index is 12.3. The van der Waals surface area contributed by atoms with Gasteiger partial charge in [-0.05, 0) is 36.0 Å². The number of aryl methyl sites for hydroxylation is 1. The summed E-state index contributed by atoms with van der Waals surface area (Å²) in [6.07, 6.45) is 2.71. The third-order valence-electron chi connectivity index (χ3n) is 4.22. The maximum Gasteiger partial charge on any atom is 0.240 e. The Morgan fingerprint density at radius 3 is 2.35 bits per heavy atom. The van der Waals surface area contributed by atoms with Gasteiger partial charge in [0.25, 0.3) is 0 Å². The predicted molar refractivity (Wildman–Crippen MR) is 82.6 cm³/mol. The van der Waals surface area contributed by atoms with Gasteiger partial charge in [-0.2, -0.15) is 0 Å². The van der Waals surface area contributed by atoms with Crippen LogP contribution in [-0.2, 0) is 16.4 Å². The van der Waals surface area contributed by atoms with Crippen LogP contribution in [0.1, 0.15) is 39.2 Å². The number of rotatable bonds is 5. The van der Waals surface area contributed by atoms with Crippen LogP contribution in [0.4, 0.5) is 0 Å². The summed E-state index contributed by atoms with van der Waals surface area (Å²) in [7, 11) is -3.46. The minimum absolute atomic E-state index is 0.0298. The molecule has 2 unspecified atom stereocenters. The summed E-state index contributed by atoms with van der Waals surface area (Å²) < 4.78 is 27.5. The molecule has 0 radical (unpaired) electrons. The molecular formula is C15H22ClNO2S. The Hall–Kier alpha value is -0.580. The molecule has 0 heterocycles.